The molecule has 1 amide bonds. The van der Waals surface area contributed by atoms with Crippen LogP contribution in [0.25, 0.3) is 0 Å². The number of rotatable bonds is 4. The first-order chi connectivity index (χ1) is 9.15. The van der Waals surface area contributed by atoms with Crippen molar-refractivity contribution in [3.63, 3.8) is 0 Å². The zero-order valence-corrected chi connectivity index (χ0v) is 11.1. The molecule has 0 radical (unpaired) electrons. The van der Waals surface area contributed by atoms with Crippen LogP contribution in [0, 0.1) is 6.92 Å². The Morgan fingerprint density at radius 2 is 2.11 bits per heavy atom. The van der Waals surface area contributed by atoms with Gasteiger partial charge in [0.05, 0.1) is 5.69 Å². The Kier molecular flexibility index (Phi) is 4.36. The molecule has 98 valence electrons. The van der Waals surface area contributed by atoms with E-state index < -0.39 is 0 Å². The SMILES string of the molecule is Cc1cnc(Cl)c(NC(=O)COc2ccccc2)c1. The molecule has 0 spiro atoms. The molecule has 0 atom stereocenters. The van der Waals surface area contributed by atoms with Crippen molar-refractivity contribution in [3.05, 3.63) is 53.3 Å². The van der Waals surface area contributed by atoms with Gasteiger partial charge < -0.3 is 10.1 Å². The van der Waals surface area contributed by atoms with Gasteiger partial charge in [-0.1, -0.05) is 29.8 Å². The molecule has 2 rings (SSSR count). The van der Waals surface area contributed by atoms with Gasteiger partial charge in [-0.25, -0.2) is 4.98 Å². The summed E-state index contributed by atoms with van der Waals surface area (Å²) in [5.74, 6) is 0.365. The lowest BCUT2D eigenvalue weighted by molar-refractivity contribution is -0.118. The average molecular weight is 277 g/mol. The number of amides is 1. The second-order valence-electron chi connectivity index (χ2n) is 4.00. The van der Waals surface area contributed by atoms with E-state index in [1.54, 1.807) is 24.4 Å². The Balaban J connectivity index is 1.93. The number of benzene rings is 1. The van der Waals surface area contributed by atoms with Gasteiger partial charge in [0.2, 0.25) is 0 Å². The molecular formula is C14H13ClN2O2. The third-order valence-electron chi connectivity index (χ3n) is 2.36. The fourth-order valence-corrected chi connectivity index (χ4v) is 1.64. The quantitative estimate of drug-likeness (QED) is 0.873. The molecule has 0 aliphatic carbocycles. The monoisotopic (exact) mass is 276 g/mol. The fourth-order valence-electron chi connectivity index (χ4n) is 1.49. The number of pyridine rings is 1. The molecule has 1 heterocycles. The van der Waals surface area contributed by atoms with Gasteiger partial charge in [0.25, 0.3) is 5.91 Å². The number of carbonyl (C=O) groups is 1. The highest BCUT2D eigenvalue weighted by Crippen LogP contribution is 2.19. The highest BCUT2D eigenvalue weighted by Gasteiger charge is 2.07. The number of anilines is 1. The normalized spacial score (nSPS) is 10.0. The Bertz CT molecular complexity index is 573. The molecule has 0 saturated heterocycles. The van der Waals surface area contributed by atoms with E-state index in [2.05, 4.69) is 10.3 Å². The molecule has 1 N–H and O–H groups in total. The first kappa shape index (κ1) is 13.4. The summed E-state index contributed by atoms with van der Waals surface area (Å²) < 4.78 is 5.33. The minimum Gasteiger partial charge on any atom is -0.484 e. The van der Waals surface area contributed by atoms with Crippen LogP contribution in [0.15, 0.2) is 42.6 Å². The van der Waals surface area contributed by atoms with Gasteiger partial charge in [-0.15, -0.1) is 0 Å². The second kappa shape index (κ2) is 6.20. The van der Waals surface area contributed by atoms with E-state index in [1.807, 2.05) is 25.1 Å². The van der Waals surface area contributed by atoms with E-state index in [0.717, 1.165) is 5.56 Å². The summed E-state index contributed by atoms with van der Waals surface area (Å²) in [5, 5.41) is 2.93. The summed E-state index contributed by atoms with van der Waals surface area (Å²) in [4.78, 5) is 15.7. The minimum atomic E-state index is -0.279. The van der Waals surface area contributed by atoms with E-state index in [0.29, 0.717) is 11.4 Å². The molecule has 1 aromatic carbocycles. The Hall–Kier alpha value is -2.07. The summed E-state index contributed by atoms with van der Waals surface area (Å²) in [6.07, 6.45) is 1.64. The number of nitrogens with zero attached hydrogens (tertiary/aromatic N) is 1. The number of carbonyl (C=O) groups excluding carboxylic acids is 1. The van der Waals surface area contributed by atoms with Crippen molar-refractivity contribution >= 4 is 23.2 Å². The fraction of sp³-hybridized carbons (Fsp3) is 0.143. The largest absolute Gasteiger partial charge is 0.484 e. The number of aryl methyl sites for hydroxylation is 1. The van der Waals surface area contributed by atoms with Crippen LogP contribution in [-0.4, -0.2) is 17.5 Å². The molecule has 0 aliphatic heterocycles. The summed E-state index contributed by atoms with van der Waals surface area (Å²) >= 11 is 5.89. The van der Waals surface area contributed by atoms with Crippen LogP contribution in [-0.2, 0) is 4.79 Å². The molecule has 0 fully saturated rings. The first-order valence-electron chi connectivity index (χ1n) is 5.75. The highest BCUT2D eigenvalue weighted by atomic mass is 35.5. The van der Waals surface area contributed by atoms with Crippen molar-refractivity contribution < 1.29 is 9.53 Å². The number of para-hydroxylation sites is 1. The van der Waals surface area contributed by atoms with Crippen molar-refractivity contribution in [1.82, 2.24) is 4.98 Å². The van der Waals surface area contributed by atoms with Gasteiger partial charge >= 0.3 is 0 Å². The number of halogens is 1. The lowest BCUT2D eigenvalue weighted by Crippen LogP contribution is -2.20. The number of hydrogen-bond donors (Lipinski definition) is 1. The molecule has 0 aliphatic rings. The van der Waals surface area contributed by atoms with Crippen LogP contribution in [0.5, 0.6) is 5.75 Å². The number of hydrogen-bond acceptors (Lipinski definition) is 3. The maximum atomic E-state index is 11.7. The van der Waals surface area contributed by atoms with Crippen molar-refractivity contribution in [3.8, 4) is 5.75 Å². The molecule has 0 unspecified atom stereocenters. The van der Waals surface area contributed by atoms with Crippen molar-refractivity contribution in [2.45, 2.75) is 6.92 Å². The molecule has 5 heteroatoms. The molecule has 4 nitrogen and oxygen atoms in total. The third kappa shape index (κ3) is 3.96. The van der Waals surface area contributed by atoms with Gasteiger partial charge in [0.15, 0.2) is 11.8 Å². The van der Waals surface area contributed by atoms with E-state index in [-0.39, 0.29) is 17.7 Å². The summed E-state index contributed by atoms with van der Waals surface area (Å²) in [7, 11) is 0. The number of aromatic nitrogens is 1. The van der Waals surface area contributed by atoms with E-state index in [4.69, 9.17) is 16.3 Å². The van der Waals surface area contributed by atoms with Gasteiger partial charge in [-0.3, -0.25) is 4.79 Å². The highest BCUT2D eigenvalue weighted by molar-refractivity contribution is 6.32. The predicted octanol–water partition coefficient (Wildman–Crippen LogP) is 3.06. The van der Waals surface area contributed by atoms with Crippen LogP contribution < -0.4 is 10.1 Å². The number of ether oxygens (including phenoxy) is 1. The van der Waals surface area contributed by atoms with Gasteiger partial charge in [0.1, 0.15) is 5.75 Å². The third-order valence-corrected chi connectivity index (χ3v) is 2.66. The van der Waals surface area contributed by atoms with Crippen LogP contribution >= 0.6 is 11.6 Å². The minimum absolute atomic E-state index is 0.0751. The van der Waals surface area contributed by atoms with E-state index >= 15 is 0 Å². The molecule has 2 aromatic rings. The zero-order valence-electron chi connectivity index (χ0n) is 10.4. The van der Waals surface area contributed by atoms with Crippen LogP contribution in [0.3, 0.4) is 0 Å². The lowest BCUT2D eigenvalue weighted by atomic mass is 10.3. The van der Waals surface area contributed by atoms with Crippen LogP contribution in [0.2, 0.25) is 5.15 Å². The predicted molar refractivity (Wildman–Crippen MR) is 74.6 cm³/mol. The molecule has 1 aromatic heterocycles. The second-order valence-corrected chi connectivity index (χ2v) is 4.36. The first-order valence-corrected chi connectivity index (χ1v) is 6.13. The number of nitrogens with one attached hydrogen (secondary N) is 1. The topological polar surface area (TPSA) is 51.2 Å². The standard InChI is InChI=1S/C14H13ClN2O2/c1-10-7-12(14(15)16-8-10)17-13(18)9-19-11-5-3-2-4-6-11/h2-8H,9H2,1H3,(H,17,18). The summed E-state index contributed by atoms with van der Waals surface area (Å²) in [6.45, 7) is 1.80. The molecule has 19 heavy (non-hydrogen) atoms. The average Bonchev–Trinajstić information content (AvgIpc) is 2.42. The van der Waals surface area contributed by atoms with Crippen LogP contribution in [0.4, 0.5) is 5.69 Å². The molecule has 0 bridgehead atoms. The van der Waals surface area contributed by atoms with Crippen molar-refractivity contribution in [2.75, 3.05) is 11.9 Å². The lowest BCUT2D eigenvalue weighted by Gasteiger charge is -2.08. The Morgan fingerprint density at radius 3 is 2.84 bits per heavy atom. The van der Waals surface area contributed by atoms with Gasteiger partial charge in [-0.05, 0) is 30.7 Å². The van der Waals surface area contributed by atoms with E-state index in [9.17, 15) is 4.79 Å². The molecule has 0 saturated carbocycles. The zero-order chi connectivity index (χ0) is 13.7. The Labute approximate surface area is 116 Å². The molecular weight excluding hydrogens is 264 g/mol. The smallest absolute Gasteiger partial charge is 0.262 e. The van der Waals surface area contributed by atoms with Crippen molar-refractivity contribution in [2.24, 2.45) is 0 Å². The Morgan fingerprint density at radius 1 is 1.37 bits per heavy atom. The summed E-state index contributed by atoms with van der Waals surface area (Å²) in [6, 6.07) is 10.9. The van der Waals surface area contributed by atoms with Crippen LogP contribution in [0.1, 0.15) is 5.56 Å². The maximum Gasteiger partial charge on any atom is 0.262 e. The van der Waals surface area contributed by atoms with E-state index in [1.165, 1.54) is 0 Å². The summed E-state index contributed by atoms with van der Waals surface area (Å²) in [5.41, 5.74) is 1.41. The van der Waals surface area contributed by atoms with Crippen molar-refractivity contribution in [1.29, 1.82) is 0 Å². The van der Waals surface area contributed by atoms with Gasteiger partial charge in [0, 0.05) is 6.20 Å². The van der Waals surface area contributed by atoms with Gasteiger partial charge in [-0.2, -0.15) is 0 Å². The maximum absolute atomic E-state index is 11.7.